The quantitative estimate of drug-likeness (QED) is 0.620. The van der Waals surface area contributed by atoms with Crippen LogP contribution < -0.4 is 15.8 Å². The molecule has 2 amide bonds. The maximum atomic E-state index is 12.5. The molecule has 0 atom stereocenters. The van der Waals surface area contributed by atoms with E-state index in [0.29, 0.717) is 23.8 Å². The average molecular weight is 429 g/mol. The molecular weight excluding hydrogens is 404 g/mol. The van der Waals surface area contributed by atoms with E-state index < -0.39 is 0 Å². The number of hydrogen-bond donors (Lipinski definition) is 2. The smallest absolute Gasteiger partial charge is 0.281 e. The van der Waals surface area contributed by atoms with Gasteiger partial charge in [0.2, 0.25) is 5.91 Å². The zero-order valence-electron chi connectivity index (χ0n) is 17.2. The second-order valence-corrected chi connectivity index (χ2v) is 8.31. The van der Waals surface area contributed by atoms with Gasteiger partial charge in [0.25, 0.3) is 5.91 Å². The number of aromatic nitrogens is 1. The van der Waals surface area contributed by atoms with Crippen molar-refractivity contribution in [1.29, 1.82) is 0 Å². The van der Waals surface area contributed by atoms with Crippen LogP contribution in [-0.2, 0) is 16.0 Å². The van der Waals surface area contributed by atoms with Gasteiger partial charge in [-0.25, -0.2) is 4.98 Å². The molecule has 1 aliphatic heterocycles. The number of carbonyl (C=O) groups is 2. The van der Waals surface area contributed by atoms with Crippen molar-refractivity contribution in [2.75, 3.05) is 31.2 Å². The normalized spacial score (nSPS) is 14.2. The van der Waals surface area contributed by atoms with Crippen LogP contribution in [0.5, 0.6) is 0 Å². The number of ether oxygens (including phenoxy) is 1. The lowest BCUT2D eigenvalue weighted by molar-refractivity contribution is -0.121. The van der Waals surface area contributed by atoms with Crippen LogP contribution in [0.25, 0.3) is 11.0 Å². The van der Waals surface area contributed by atoms with Gasteiger partial charge in [0.05, 0.1) is 31.6 Å². The Morgan fingerprint density at radius 2 is 1.93 bits per heavy atom. The Morgan fingerprint density at radius 1 is 1.17 bits per heavy atom. The average Bonchev–Trinajstić information content (AvgIpc) is 3.33. The summed E-state index contributed by atoms with van der Waals surface area (Å²) in [6, 6.07) is 3.96. The Hall–Kier alpha value is -2.91. The summed E-state index contributed by atoms with van der Waals surface area (Å²) in [5.41, 5.74) is 9.39. The van der Waals surface area contributed by atoms with E-state index in [-0.39, 0.29) is 18.2 Å². The molecule has 4 rings (SSSR count). The van der Waals surface area contributed by atoms with Gasteiger partial charge in [0.1, 0.15) is 10.5 Å². The molecule has 0 spiro atoms. The molecule has 0 unspecified atom stereocenters. The number of hydrogen-bond acceptors (Lipinski definition) is 7. The molecule has 3 heterocycles. The summed E-state index contributed by atoms with van der Waals surface area (Å²) in [6.07, 6.45) is 1.71. The van der Waals surface area contributed by atoms with E-state index in [0.717, 1.165) is 45.9 Å². The highest BCUT2D eigenvalue weighted by Crippen LogP contribution is 2.27. The Morgan fingerprint density at radius 3 is 2.70 bits per heavy atom. The van der Waals surface area contributed by atoms with Gasteiger partial charge >= 0.3 is 0 Å². The third-order valence-corrected chi connectivity index (χ3v) is 6.50. The lowest BCUT2D eigenvalue weighted by Gasteiger charge is -2.25. The monoisotopic (exact) mass is 428 g/mol. The first-order valence-electron chi connectivity index (χ1n) is 9.79. The third-order valence-electron chi connectivity index (χ3n) is 5.28. The van der Waals surface area contributed by atoms with Gasteiger partial charge in [-0.1, -0.05) is 23.5 Å². The van der Waals surface area contributed by atoms with Crippen LogP contribution in [-0.4, -0.2) is 43.1 Å². The number of thiazole rings is 1. The molecule has 8 nitrogen and oxygen atoms in total. The number of nitrogens with one attached hydrogen (secondary N) is 2. The van der Waals surface area contributed by atoms with Gasteiger partial charge in [-0.15, -0.1) is 0 Å². The molecule has 0 aliphatic carbocycles. The summed E-state index contributed by atoms with van der Waals surface area (Å²) in [5.74, 6) is -0.693. The zero-order chi connectivity index (χ0) is 21.3. The fraction of sp³-hybridized carbons (Fsp3) is 0.381. The predicted octanol–water partition coefficient (Wildman–Crippen LogP) is 2.65. The Bertz CT molecular complexity index is 1100. The van der Waals surface area contributed by atoms with Crippen molar-refractivity contribution >= 4 is 39.3 Å². The first-order valence-corrected chi connectivity index (χ1v) is 10.6. The largest absolute Gasteiger partial charge is 0.464 e. The van der Waals surface area contributed by atoms with Crippen LogP contribution >= 0.6 is 11.3 Å². The molecule has 0 saturated carbocycles. The lowest BCUT2D eigenvalue weighted by Crippen LogP contribution is -2.42. The molecule has 1 aliphatic rings. The summed E-state index contributed by atoms with van der Waals surface area (Å²) in [7, 11) is 0. The lowest BCUT2D eigenvalue weighted by atomic mass is 10.0. The van der Waals surface area contributed by atoms with E-state index in [2.05, 4.69) is 20.7 Å². The molecule has 0 bridgehead atoms. The number of fused-ring (bicyclic) bond motifs is 1. The standard InChI is InChI=1S/C21H24N4O4S/c1-12-4-5-16-15(11-29-18(16)13(12)2)10-17(26)23-24-20(27)19-14(3)22-21(30-19)25-6-8-28-9-7-25/h4-5,11H,6-10H2,1-3H3,(H,23,26)(H,24,27). The molecule has 30 heavy (non-hydrogen) atoms. The van der Waals surface area contributed by atoms with Gasteiger partial charge in [-0.3, -0.25) is 20.4 Å². The number of nitrogens with zero attached hydrogens (tertiary/aromatic N) is 2. The summed E-state index contributed by atoms with van der Waals surface area (Å²) < 4.78 is 11.0. The first-order chi connectivity index (χ1) is 14.4. The minimum atomic E-state index is -0.374. The predicted molar refractivity (Wildman–Crippen MR) is 115 cm³/mol. The minimum Gasteiger partial charge on any atom is -0.464 e. The highest BCUT2D eigenvalue weighted by Gasteiger charge is 2.21. The Labute approximate surface area is 178 Å². The molecule has 9 heteroatoms. The number of rotatable bonds is 4. The second kappa shape index (κ2) is 8.45. The molecule has 158 valence electrons. The molecule has 1 saturated heterocycles. The van der Waals surface area contributed by atoms with E-state index in [1.807, 2.05) is 26.0 Å². The maximum absolute atomic E-state index is 12.5. The van der Waals surface area contributed by atoms with Gasteiger partial charge in [-0.05, 0) is 31.9 Å². The molecule has 1 aromatic carbocycles. The third kappa shape index (κ3) is 4.03. The molecule has 1 fully saturated rings. The molecule has 2 N–H and O–H groups in total. The number of anilines is 1. The molecule has 3 aromatic rings. The topological polar surface area (TPSA) is 96.7 Å². The highest BCUT2D eigenvalue weighted by molar-refractivity contribution is 7.17. The van der Waals surface area contributed by atoms with Crippen molar-refractivity contribution in [3.8, 4) is 0 Å². The fourth-order valence-electron chi connectivity index (χ4n) is 3.41. The van der Waals surface area contributed by atoms with E-state index in [1.54, 1.807) is 13.2 Å². The fourth-order valence-corrected chi connectivity index (χ4v) is 4.42. The summed E-state index contributed by atoms with van der Waals surface area (Å²) in [6.45, 7) is 8.61. The first kappa shape index (κ1) is 20.4. The van der Waals surface area contributed by atoms with Crippen molar-refractivity contribution in [3.05, 3.63) is 45.7 Å². The number of furan rings is 1. The van der Waals surface area contributed by atoms with E-state index in [4.69, 9.17) is 9.15 Å². The number of aryl methyl sites for hydroxylation is 3. The van der Waals surface area contributed by atoms with E-state index >= 15 is 0 Å². The van der Waals surface area contributed by atoms with Crippen molar-refractivity contribution in [1.82, 2.24) is 15.8 Å². The van der Waals surface area contributed by atoms with Gasteiger partial charge in [-0.2, -0.15) is 0 Å². The molecule has 2 aromatic heterocycles. The van der Waals surface area contributed by atoms with Crippen molar-refractivity contribution < 1.29 is 18.7 Å². The van der Waals surface area contributed by atoms with E-state index in [1.165, 1.54) is 11.3 Å². The SMILES string of the molecule is Cc1ccc2c(CC(=O)NNC(=O)c3sc(N4CCOCC4)nc3C)coc2c1C. The van der Waals surface area contributed by atoms with Crippen LogP contribution in [0.4, 0.5) is 5.13 Å². The van der Waals surface area contributed by atoms with Crippen molar-refractivity contribution in [2.45, 2.75) is 27.2 Å². The van der Waals surface area contributed by atoms with Crippen LogP contribution in [0.1, 0.15) is 32.1 Å². The van der Waals surface area contributed by atoms with Gasteiger partial charge < -0.3 is 14.1 Å². The summed E-state index contributed by atoms with van der Waals surface area (Å²) >= 11 is 1.32. The number of morpholine rings is 1. The summed E-state index contributed by atoms with van der Waals surface area (Å²) in [4.78, 5) is 32.0. The van der Waals surface area contributed by atoms with Gasteiger partial charge in [0.15, 0.2) is 5.13 Å². The highest BCUT2D eigenvalue weighted by atomic mass is 32.1. The molecule has 0 radical (unpaired) electrons. The zero-order valence-corrected chi connectivity index (χ0v) is 18.0. The maximum Gasteiger partial charge on any atom is 0.281 e. The number of amides is 2. The number of benzene rings is 1. The number of carbonyl (C=O) groups excluding carboxylic acids is 2. The Balaban J connectivity index is 1.38. The molecular formula is C21H24N4O4S. The second-order valence-electron chi connectivity index (χ2n) is 7.33. The van der Waals surface area contributed by atoms with Crippen molar-refractivity contribution in [3.63, 3.8) is 0 Å². The van der Waals surface area contributed by atoms with Crippen LogP contribution in [0.15, 0.2) is 22.8 Å². The van der Waals surface area contributed by atoms with E-state index in [9.17, 15) is 9.59 Å². The van der Waals surface area contributed by atoms with Gasteiger partial charge in [0, 0.05) is 24.0 Å². The summed E-state index contributed by atoms with van der Waals surface area (Å²) in [5, 5.41) is 1.70. The number of hydrazine groups is 1. The van der Waals surface area contributed by atoms with Crippen LogP contribution in [0.2, 0.25) is 0 Å². The minimum absolute atomic E-state index is 0.108. The van der Waals surface area contributed by atoms with Crippen molar-refractivity contribution in [2.24, 2.45) is 0 Å². The Kier molecular flexibility index (Phi) is 5.74. The van der Waals surface area contributed by atoms with Crippen LogP contribution in [0, 0.1) is 20.8 Å². The van der Waals surface area contributed by atoms with Crippen LogP contribution in [0.3, 0.4) is 0 Å².